The molecule has 0 N–H and O–H groups in total. The van der Waals surface area contributed by atoms with Gasteiger partial charge in [0, 0.05) is 28.3 Å². The van der Waals surface area contributed by atoms with E-state index in [4.69, 9.17) is 0 Å². The van der Waals surface area contributed by atoms with Crippen LogP contribution >= 0.6 is 15.9 Å². The van der Waals surface area contributed by atoms with Crippen LogP contribution < -0.4 is 0 Å². The molecule has 4 rings (SSSR count). The summed E-state index contributed by atoms with van der Waals surface area (Å²) < 4.78 is 2.98. The molecule has 28 heavy (non-hydrogen) atoms. The number of rotatable bonds is 6. The summed E-state index contributed by atoms with van der Waals surface area (Å²) in [6.45, 7) is 4.70. The molecule has 1 aliphatic carbocycles. The number of hydrogen-bond acceptors (Lipinski definition) is 2. The average molecular weight is 438 g/mol. The number of benzene rings is 2. The number of hydrogen-bond donors (Lipinski definition) is 0. The summed E-state index contributed by atoms with van der Waals surface area (Å²) in [5.74, 6) is 0.182. The molecule has 1 saturated carbocycles. The highest BCUT2D eigenvalue weighted by atomic mass is 79.9. The van der Waals surface area contributed by atoms with Gasteiger partial charge in [0.2, 0.25) is 5.91 Å². The average Bonchev–Trinajstić information content (AvgIpc) is 3.49. The zero-order chi connectivity index (χ0) is 19.7. The number of halogens is 1. The van der Waals surface area contributed by atoms with Gasteiger partial charge in [0.15, 0.2) is 0 Å². The molecule has 1 aromatic heterocycles. The molecule has 1 amide bonds. The Labute approximate surface area is 174 Å². The van der Waals surface area contributed by atoms with Gasteiger partial charge in [-0.2, -0.15) is 5.10 Å². The summed E-state index contributed by atoms with van der Waals surface area (Å²) in [6, 6.07) is 18.6. The zero-order valence-corrected chi connectivity index (χ0v) is 17.8. The van der Waals surface area contributed by atoms with Crippen molar-refractivity contribution in [1.29, 1.82) is 0 Å². The largest absolute Gasteiger partial charge is 0.335 e. The van der Waals surface area contributed by atoms with Gasteiger partial charge < -0.3 is 4.90 Å². The molecule has 0 unspecified atom stereocenters. The molecule has 1 heterocycles. The normalized spacial score (nSPS) is 13.5. The quantitative estimate of drug-likeness (QED) is 0.544. The van der Waals surface area contributed by atoms with E-state index >= 15 is 0 Å². The lowest BCUT2D eigenvalue weighted by molar-refractivity contribution is -0.131. The first-order valence-electron chi connectivity index (χ1n) is 9.67. The van der Waals surface area contributed by atoms with Crippen LogP contribution in [0.1, 0.15) is 35.4 Å². The van der Waals surface area contributed by atoms with Gasteiger partial charge in [-0.05, 0) is 56.5 Å². The second-order valence-corrected chi connectivity index (χ2v) is 8.37. The van der Waals surface area contributed by atoms with Crippen molar-refractivity contribution in [2.24, 2.45) is 0 Å². The summed E-state index contributed by atoms with van der Waals surface area (Å²) in [4.78, 5) is 15.3. The SMILES string of the molecule is Cc1nn(-c2ccccc2)c(C)c1CC(=O)N(Cc1cccc(Br)c1)C1CC1. The van der Waals surface area contributed by atoms with E-state index in [0.717, 1.165) is 45.5 Å². The summed E-state index contributed by atoms with van der Waals surface area (Å²) in [5.41, 5.74) is 5.18. The van der Waals surface area contributed by atoms with Crippen LogP contribution in [0.5, 0.6) is 0 Å². The molecular formula is C23H24BrN3O. The lowest BCUT2D eigenvalue weighted by atomic mass is 10.1. The summed E-state index contributed by atoms with van der Waals surface area (Å²) >= 11 is 3.53. The van der Waals surface area contributed by atoms with Crippen LogP contribution in [-0.2, 0) is 17.8 Å². The molecule has 0 saturated heterocycles. The van der Waals surface area contributed by atoms with Crippen LogP contribution in [0.2, 0.25) is 0 Å². The maximum Gasteiger partial charge on any atom is 0.227 e. The molecule has 0 spiro atoms. The molecule has 5 heteroatoms. The number of para-hydroxylation sites is 1. The highest BCUT2D eigenvalue weighted by Gasteiger charge is 2.33. The van der Waals surface area contributed by atoms with E-state index < -0.39 is 0 Å². The Hall–Kier alpha value is -2.40. The van der Waals surface area contributed by atoms with Crippen molar-refractivity contribution < 1.29 is 4.79 Å². The highest BCUT2D eigenvalue weighted by molar-refractivity contribution is 9.10. The molecule has 4 nitrogen and oxygen atoms in total. The van der Waals surface area contributed by atoms with Gasteiger partial charge in [-0.1, -0.05) is 46.3 Å². The number of amides is 1. The zero-order valence-electron chi connectivity index (χ0n) is 16.2. The Morgan fingerprint density at radius 1 is 1.14 bits per heavy atom. The molecule has 2 aromatic carbocycles. The second-order valence-electron chi connectivity index (χ2n) is 7.46. The molecule has 3 aromatic rings. The first kappa shape index (κ1) is 18.9. The van der Waals surface area contributed by atoms with Crippen molar-refractivity contribution in [2.45, 2.75) is 45.7 Å². The van der Waals surface area contributed by atoms with Crippen molar-refractivity contribution in [3.8, 4) is 5.69 Å². The van der Waals surface area contributed by atoms with Gasteiger partial charge in [-0.15, -0.1) is 0 Å². The molecule has 1 aliphatic rings. The Morgan fingerprint density at radius 3 is 2.57 bits per heavy atom. The Kier molecular flexibility index (Phi) is 5.36. The van der Waals surface area contributed by atoms with Crippen molar-refractivity contribution in [3.05, 3.63) is 81.6 Å². The monoisotopic (exact) mass is 437 g/mol. The van der Waals surface area contributed by atoms with Crippen molar-refractivity contribution in [1.82, 2.24) is 14.7 Å². The minimum atomic E-state index is 0.182. The van der Waals surface area contributed by atoms with Crippen LogP contribution in [0.25, 0.3) is 5.69 Å². The van der Waals surface area contributed by atoms with E-state index in [1.54, 1.807) is 0 Å². The molecule has 0 aliphatic heterocycles. The van der Waals surface area contributed by atoms with Crippen LogP contribution in [0, 0.1) is 13.8 Å². The first-order valence-corrected chi connectivity index (χ1v) is 10.5. The molecular weight excluding hydrogens is 414 g/mol. The molecule has 144 valence electrons. The first-order chi connectivity index (χ1) is 13.5. The van der Waals surface area contributed by atoms with Crippen LogP contribution in [0.4, 0.5) is 0 Å². The highest BCUT2D eigenvalue weighted by Crippen LogP contribution is 2.30. The topological polar surface area (TPSA) is 38.1 Å². The predicted molar refractivity (Wildman–Crippen MR) is 114 cm³/mol. The van der Waals surface area contributed by atoms with Gasteiger partial charge in [-0.3, -0.25) is 4.79 Å². The molecule has 0 radical (unpaired) electrons. The standard InChI is InChI=1S/C23H24BrN3O/c1-16-22(17(2)27(25-16)21-9-4-3-5-10-21)14-23(28)26(20-11-12-20)15-18-7-6-8-19(24)13-18/h3-10,13,20H,11-12,14-15H2,1-2H3. The summed E-state index contributed by atoms with van der Waals surface area (Å²) in [7, 11) is 0. The maximum atomic E-state index is 13.2. The number of carbonyl (C=O) groups excluding carboxylic acids is 1. The van der Waals surface area contributed by atoms with Crippen molar-refractivity contribution >= 4 is 21.8 Å². The van der Waals surface area contributed by atoms with E-state index in [1.165, 1.54) is 0 Å². The van der Waals surface area contributed by atoms with E-state index in [9.17, 15) is 4.79 Å². The summed E-state index contributed by atoms with van der Waals surface area (Å²) in [5, 5.41) is 4.69. The number of aromatic nitrogens is 2. The smallest absolute Gasteiger partial charge is 0.227 e. The van der Waals surface area contributed by atoms with E-state index in [-0.39, 0.29) is 5.91 Å². The van der Waals surface area contributed by atoms with Gasteiger partial charge in [0.1, 0.15) is 0 Å². The Bertz CT molecular complexity index is 992. The second kappa shape index (κ2) is 7.92. The minimum Gasteiger partial charge on any atom is -0.335 e. The third-order valence-electron chi connectivity index (χ3n) is 5.32. The van der Waals surface area contributed by atoms with E-state index in [0.29, 0.717) is 19.0 Å². The van der Waals surface area contributed by atoms with Crippen LogP contribution in [-0.4, -0.2) is 26.6 Å². The molecule has 0 bridgehead atoms. The minimum absolute atomic E-state index is 0.182. The van der Waals surface area contributed by atoms with Gasteiger partial charge in [0.05, 0.1) is 17.8 Å². The Balaban J connectivity index is 1.56. The lowest BCUT2D eigenvalue weighted by Gasteiger charge is -2.23. The summed E-state index contributed by atoms with van der Waals surface area (Å²) in [6.07, 6.45) is 2.59. The predicted octanol–water partition coefficient (Wildman–Crippen LogP) is 4.99. The van der Waals surface area contributed by atoms with Gasteiger partial charge in [-0.25, -0.2) is 4.68 Å². The third kappa shape index (κ3) is 4.04. The number of nitrogens with zero attached hydrogens (tertiary/aromatic N) is 3. The lowest BCUT2D eigenvalue weighted by Crippen LogP contribution is -2.34. The number of aryl methyl sites for hydroxylation is 1. The van der Waals surface area contributed by atoms with Crippen LogP contribution in [0.3, 0.4) is 0 Å². The van der Waals surface area contributed by atoms with Crippen LogP contribution in [0.15, 0.2) is 59.1 Å². The van der Waals surface area contributed by atoms with E-state index in [2.05, 4.69) is 33.2 Å². The Morgan fingerprint density at radius 2 is 1.89 bits per heavy atom. The van der Waals surface area contributed by atoms with Gasteiger partial charge in [0.25, 0.3) is 0 Å². The van der Waals surface area contributed by atoms with E-state index in [1.807, 2.05) is 65.9 Å². The molecule has 0 atom stereocenters. The number of carbonyl (C=O) groups is 1. The van der Waals surface area contributed by atoms with Crippen molar-refractivity contribution in [2.75, 3.05) is 0 Å². The fraction of sp³-hybridized carbons (Fsp3) is 0.304. The fourth-order valence-corrected chi connectivity index (χ4v) is 4.09. The molecule has 1 fully saturated rings. The van der Waals surface area contributed by atoms with Crippen molar-refractivity contribution in [3.63, 3.8) is 0 Å². The maximum absolute atomic E-state index is 13.2. The van der Waals surface area contributed by atoms with Gasteiger partial charge >= 0.3 is 0 Å². The fourth-order valence-electron chi connectivity index (χ4n) is 3.64. The third-order valence-corrected chi connectivity index (χ3v) is 5.81.